The topological polar surface area (TPSA) is 29.5 Å². The molecule has 114 valence electrons. The molecule has 1 aliphatic heterocycles. The van der Waals surface area contributed by atoms with Crippen molar-refractivity contribution in [2.24, 2.45) is 0 Å². The van der Waals surface area contributed by atoms with Gasteiger partial charge < -0.3 is 9.64 Å². The molecule has 22 heavy (non-hydrogen) atoms. The van der Waals surface area contributed by atoms with Gasteiger partial charge in [-0.3, -0.25) is 4.79 Å². The molecular formula is C19H21NO2. The zero-order valence-corrected chi connectivity index (χ0v) is 13.3. The van der Waals surface area contributed by atoms with Crippen LogP contribution in [-0.4, -0.2) is 19.1 Å². The molecule has 0 saturated carbocycles. The maximum Gasteiger partial charge on any atom is 0.258 e. The number of hydrogen-bond acceptors (Lipinski definition) is 2. The highest BCUT2D eigenvalue weighted by Gasteiger charge is 2.25. The Labute approximate surface area is 131 Å². The van der Waals surface area contributed by atoms with Gasteiger partial charge in [0, 0.05) is 17.8 Å². The first kappa shape index (κ1) is 14.6. The van der Waals surface area contributed by atoms with Crippen LogP contribution in [0, 0.1) is 13.8 Å². The molecule has 1 heterocycles. The zero-order valence-electron chi connectivity index (χ0n) is 13.3. The van der Waals surface area contributed by atoms with E-state index in [-0.39, 0.29) is 5.91 Å². The van der Waals surface area contributed by atoms with Gasteiger partial charge in [0.2, 0.25) is 0 Å². The largest absolute Gasteiger partial charge is 0.494 e. The Morgan fingerprint density at radius 2 is 2.00 bits per heavy atom. The molecule has 3 nitrogen and oxygen atoms in total. The number of nitrogens with zero attached hydrogens (tertiary/aromatic N) is 1. The highest BCUT2D eigenvalue weighted by molar-refractivity contribution is 6.07. The summed E-state index contributed by atoms with van der Waals surface area (Å²) in [7, 11) is 0. The van der Waals surface area contributed by atoms with Gasteiger partial charge in [0.15, 0.2) is 0 Å². The molecule has 3 heteroatoms. The van der Waals surface area contributed by atoms with Gasteiger partial charge in [-0.15, -0.1) is 0 Å². The SMILES string of the molecule is CCOc1ccc(C(=O)N2CCc3ccc(C)cc32)cc1C. The molecule has 0 unspecified atom stereocenters. The summed E-state index contributed by atoms with van der Waals surface area (Å²) < 4.78 is 5.54. The predicted molar refractivity (Wildman–Crippen MR) is 88.9 cm³/mol. The second-order valence-electron chi connectivity index (χ2n) is 5.75. The minimum atomic E-state index is 0.0653. The molecule has 0 bridgehead atoms. The number of ether oxygens (including phenoxy) is 1. The highest BCUT2D eigenvalue weighted by atomic mass is 16.5. The number of aryl methyl sites for hydroxylation is 2. The quantitative estimate of drug-likeness (QED) is 0.859. The first-order chi connectivity index (χ1) is 10.6. The summed E-state index contributed by atoms with van der Waals surface area (Å²) in [5, 5.41) is 0. The Hall–Kier alpha value is -2.29. The van der Waals surface area contributed by atoms with Crippen LogP contribution in [0.25, 0.3) is 0 Å². The molecule has 0 atom stereocenters. The maximum atomic E-state index is 12.8. The van der Waals surface area contributed by atoms with Crippen LogP contribution in [0.3, 0.4) is 0 Å². The van der Waals surface area contributed by atoms with E-state index in [1.165, 1.54) is 11.1 Å². The lowest BCUT2D eigenvalue weighted by molar-refractivity contribution is 0.0989. The first-order valence-electron chi connectivity index (χ1n) is 7.75. The van der Waals surface area contributed by atoms with E-state index < -0.39 is 0 Å². The van der Waals surface area contributed by atoms with Crippen molar-refractivity contribution in [1.82, 2.24) is 0 Å². The van der Waals surface area contributed by atoms with E-state index in [9.17, 15) is 4.79 Å². The molecule has 1 amide bonds. The van der Waals surface area contributed by atoms with Crippen molar-refractivity contribution >= 4 is 11.6 Å². The molecule has 0 fully saturated rings. The molecular weight excluding hydrogens is 274 g/mol. The van der Waals surface area contributed by atoms with Crippen LogP contribution in [-0.2, 0) is 6.42 Å². The summed E-state index contributed by atoms with van der Waals surface area (Å²) in [5.41, 5.74) is 5.20. The van der Waals surface area contributed by atoms with Gasteiger partial charge in [-0.25, -0.2) is 0 Å². The van der Waals surface area contributed by atoms with Gasteiger partial charge in [-0.05, 0) is 68.1 Å². The average Bonchev–Trinajstić information content (AvgIpc) is 2.91. The van der Waals surface area contributed by atoms with E-state index in [4.69, 9.17) is 4.74 Å². The van der Waals surface area contributed by atoms with Crippen molar-refractivity contribution in [1.29, 1.82) is 0 Å². The van der Waals surface area contributed by atoms with E-state index in [1.807, 2.05) is 36.9 Å². The Balaban J connectivity index is 1.90. The molecule has 0 aromatic heterocycles. The second-order valence-corrected chi connectivity index (χ2v) is 5.75. The van der Waals surface area contributed by atoms with Crippen molar-refractivity contribution < 1.29 is 9.53 Å². The number of amides is 1. The molecule has 0 aliphatic carbocycles. The molecule has 3 rings (SSSR count). The third kappa shape index (κ3) is 2.59. The minimum Gasteiger partial charge on any atom is -0.494 e. The molecule has 2 aromatic rings. The number of carbonyl (C=O) groups excluding carboxylic acids is 1. The average molecular weight is 295 g/mol. The van der Waals surface area contributed by atoms with Crippen LogP contribution in [0.15, 0.2) is 36.4 Å². The molecule has 1 aliphatic rings. The predicted octanol–water partition coefficient (Wildman–Crippen LogP) is 3.91. The van der Waals surface area contributed by atoms with Gasteiger partial charge in [0.05, 0.1) is 6.61 Å². The third-order valence-corrected chi connectivity index (χ3v) is 4.10. The minimum absolute atomic E-state index is 0.0653. The summed E-state index contributed by atoms with van der Waals surface area (Å²) in [5.74, 6) is 0.909. The van der Waals surface area contributed by atoms with Crippen LogP contribution < -0.4 is 9.64 Å². The van der Waals surface area contributed by atoms with Crippen molar-refractivity contribution in [3.05, 3.63) is 58.7 Å². The molecule has 0 radical (unpaired) electrons. The van der Waals surface area contributed by atoms with Crippen LogP contribution in [0.2, 0.25) is 0 Å². The molecule has 0 spiro atoms. The highest BCUT2D eigenvalue weighted by Crippen LogP contribution is 2.31. The summed E-state index contributed by atoms with van der Waals surface area (Å²) in [6.45, 7) is 7.38. The smallest absolute Gasteiger partial charge is 0.258 e. The van der Waals surface area contributed by atoms with E-state index in [0.29, 0.717) is 6.61 Å². The van der Waals surface area contributed by atoms with Crippen LogP contribution in [0.5, 0.6) is 5.75 Å². The van der Waals surface area contributed by atoms with Crippen molar-refractivity contribution in [3.63, 3.8) is 0 Å². The Kier molecular flexibility index (Phi) is 3.88. The third-order valence-electron chi connectivity index (χ3n) is 4.10. The van der Waals surface area contributed by atoms with Gasteiger partial charge in [-0.1, -0.05) is 12.1 Å². The van der Waals surface area contributed by atoms with E-state index >= 15 is 0 Å². The van der Waals surface area contributed by atoms with Gasteiger partial charge in [0.1, 0.15) is 5.75 Å². The number of fused-ring (bicyclic) bond motifs is 1. The fourth-order valence-electron chi connectivity index (χ4n) is 2.96. The van der Waals surface area contributed by atoms with E-state index in [0.717, 1.165) is 35.5 Å². The second kappa shape index (κ2) is 5.84. The van der Waals surface area contributed by atoms with Gasteiger partial charge >= 0.3 is 0 Å². The van der Waals surface area contributed by atoms with Crippen molar-refractivity contribution in [2.75, 3.05) is 18.1 Å². The van der Waals surface area contributed by atoms with E-state index in [1.54, 1.807) is 0 Å². The summed E-state index contributed by atoms with van der Waals surface area (Å²) in [6.07, 6.45) is 0.928. The first-order valence-corrected chi connectivity index (χ1v) is 7.75. The standard InChI is InChI=1S/C19H21NO2/c1-4-22-18-8-7-16(12-14(18)3)19(21)20-10-9-15-6-5-13(2)11-17(15)20/h5-8,11-12H,4,9-10H2,1-3H3. The lowest BCUT2D eigenvalue weighted by Gasteiger charge is -2.18. The number of hydrogen-bond donors (Lipinski definition) is 0. The lowest BCUT2D eigenvalue weighted by atomic mass is 10.1. The van der Waals surface area contributed by atoms with Crippen molar-refractivity contribution in [2.45, 2.75) is 27.2 Å². The number of benzene rings is 2. The Bertz CT molecular complexity index is 721. The summed E-state index contributed by atoms with van der Waals surface area (Å²) in [4.78, 5) is 14.7. The fourth-order valence-corrected chi connectivity index (χ4v) is 2.96. The normalized spacial score (nSPS) is 13.1. The van der Waals surface area contributed by atoms with Gasteiger partial charge in [0.25, 0.3) is 5.91 Å². The van der Waals surface area contributed by atoms with E-state index in [2.05, 4.69) is 25.1 Å². The fraction of sp³-hybridized carbons (Fsp3) is 0.316. The van der Waals surface area contributed by atoms with Crippen LogP contribution in [0.4, 0.5) is 5.69 Å². The molecule has 2 aromatic carbocycles. The Morgan fingerprint density at radius 3 is 2.73 bits per heavy atom. The zero-order chi connectivity index (χ0) is 15.7. The summed E-state index contributed by atoms with van der Waals surface area (Å²) >= 11 is 0. The number of anilines is 1. The number of rotatable bonds is 3. The molecule has 0 N–H and O–H groups in total. The van der Waals surface area contributed by atoms with Crippen LogP contribution >= 0.6 is 0 Å². The monoisotopic (exact) mass is 295 g/mol. The van der Waals surface area contributed by atoms with Gasteiger partial charge in [-0.2, -0.15) is 0 Å². The molecule has 0 saturated heterocycles. The maximum absolute atomic E-state index is 12.8. The lowest BCUT2D eigenvalue weighted by Crippen LogP contribution is -2.29. The summed E-state index contributed by atoms with van der Waals surface area (Å²) in [6, 6.07) is 12.0. The number of carbonyl (C=O) groups is 1. The van der Waals surface area contributed by atoms with Crippen LogP contribution in [0.1, 0.15) is 34.0 Å². The Morgan fingerprint density at radius 1 is 1.18 bits per heavy atom. The van der Waals surface area contributed by atoms with Crippen molar-refractivity contribution in [3.8, 4) is 5.75 Å².